The van der Waals surface area contributed by atoms with Crippen LogP contribution in [0.2, 0.25) is 0 Å². The van der Waals surface area contributed by atoms with Gasteiger partial charge in [-0.05, 0) is 25.1 Å². The molecular formula is C14H18FN3O3. The van der Waals surface area contributed by atoms with Gasteiger partial charge >= 0.3 is 6.03 Å². The second-order valence-corrected chi connectivity index (χ2v) is 5.09. The summed E-state index contributed by atoms with van der Waals surface area (Å²) in [5.74, 6) is -0.576. The van der Waals surface area contributed by atoms with Gasteiger partial charge in [-0.2, -0.15) is 0 Å². The standard InChI is InChI=1S/C14H18FN3O3/c1-9(19)7-16-14(21)17-11-6-13(20)18(8-11)12-4-2-3-10(15)5-12/h2-5,9,11,19H,6-8H2,1H3,(H2,16,17,21)/t9-,11-/m0/s1. The molecule has 2 atom stereocenters. The molecular weight excluding hydrogens is 277 g/mol. The smallest absolute Gasteiger partial charge is 0.315 e. The molecule has 0 unspecified atom stereocenters. The molecule has 0 bridgehead atoms. The molecule has 2 rings (SSSR count). The van der Waals surface area contributed by atoms with Crippen LogP contribution in [0.5, 0.6) is 0 Å². The zero-order valence-electron chi connectivity index (χ0n) is 11.7. The number of amides is 3. The number of hydrogen-bond donors (Lipinski definition) is 3. The third kappa shape index (κ3) is 4.16. The fourth-order valence-corrected chi connectivity index (χ4v) is 2.17. The minimum absolute atomic E-state index is 0.139. The molecule has 6 nitrogen and oxygen atoms in total. The van der Waals surface area contributed by atoms with E-state index in [4.69, 9.17) is 5.11 Å². The Balaban J connectivity index is 1.92. The number of nitrogens with zero attached hydrogens (tertiary/aromatic N) is 1. The Hall–Kier alpha value is -2.15. The molecule has 1 aromatic rings. The quantitative estimate of drug-likeness (QED) is 0.761. The lowest BCUT2D eigenvalue weighted by atomic mass is 10.2. The van der Waals surface area contributed by atoms with Crippen molar-refractivity contribution < 1.29 is 19.1 Å². The lowest BCUT2D eigenvalue weighted by Gasteiger charge is -2.17. The first-order chi connectivity index (χ1) is 9.95. The Morgan fingerprint density at radius 2 is 2.33 bits per heavy atom. The molecule has 0 saturated carbocycles. The van der Waals surface area contributed by atoms with Crippen LogP contribution in [0.15, 0.2) is 24.3 Å². The van der Waals surface area contributed by atoms with Crippen molar-refractivity contribution in [3.05, 3.63) is 30.1 Å². The Morgan fingerprint density at radius 3 is 3.00 bits per heavy atom. The van der Waals surface area contributed by atoms with E-state index in [0.29, 0.717) is 12.2 Å². The number of carbonyl (C=O) groups is 2. The van der Waals surface area contributed by atoms with Crippen molar-refractivity contribution in [3.63, 3.8) is 0 Å². The summed E-state index contributed by atoms with van der Waals surface area (Å²) in [6.45, 7) is 2.00. The minimum Gasteiger partial charge on any atom is -0.392 e. The molecule has 1 heterocycles. The molecule has 0 aliphatic carbocycles. The Bertz CT molecular complexity index is 536. The maximum absolute atomic E-state index is 13.2. The van der Waals surface area contributed by atoms with E-state index in [1.807, 2.05) is 0 Å². The van der Waals surface area contributed by atoms with Gasteiger partial charge in [0.25, 0.3) is 0 Å². The summed E-state index contributed by atoms with van der Waals surface area (Å²) in [6, 6.07) is 5.01. The molecule has 1 aromatic carbocycles. The summed E-state index contributed by atoms with van der Waals surface area (Å²) in [5, 5.41) is 14.2. The van der Waals surface area contributed by atoms with Crippen LogP contribution >= 0.6 is 0 Å². The molecule has 1 fully saturated rings. The van der Waals surface area contributed by atoms with E-state index in [1.54, 1.807) is 13.0 Å². The van der Waals surface area contributed by atoms with Gasteiger partial charge in [-0.3, -0.25) is 4.79 Å². The van der Waals surface area contributed by atoms with E-state index in [2.05, 4.69) is 10.6 Å². The number of aliphatic hydroxyl groups is 1. The van der Waals surface area contributed by atoms with Gasteiger partial charge in [-0.15, -0.1) is 0 Å². The predicted molar refractivity (Wildman–Crippen MR) is 75.4 cm³/mol. The molecule has 0 radical (unpaired) electrons. The fourth-order valence-electron chi connectivity index (χ4n) is 2.17. The molecule has 3 N–H and O–H groups in total. The maximum Gasteiger partial charge on any atom is 0.315 e. The van der Waals surface area contributed by atoms with Gasteiger partial charge < -0.3 is 20.6 Å². The van der Waals surface area contributed by atoms with E-state index >= 15 is 0 Å². The van der Waals surface area contributed by atoms with Crippen LogP contribution in [-0.4, -0.2) is 42.3 Å². The zero-order chi connectivity index (χ0) is 15.4. The number of hydrogen-bond acceptors (Lipinski definition) is 3. The van der Waals surface area contributed by atoms with Crippen LogP contribution < -0.4 is 15.5 Å². The fraction of sp³-hybridized carbons (Fsp3) is 0.429. The highest BCUT2D eigenvalue weighted by Crippen LogP contribution is 2.22. The molecule has 114 valence electrons. The van der Waals surface area contributed by atoms with Crippen molar-refractivity contribution in [1.82, 2.24) is 10.6 Å². The molecule has 21 heavy (non-hydrogen) atoms. The molecule has 0 spiro atoms. The second-order valence-electron chi connectivity index (χ2n) is 5.09. The summed E-state index contributed by atoms with van der Waals surface area (Å²) in [4.78, 5) is 25.0. The number of carbonyl (C=O) groups excluding carboxylic acids is 2. The number of anilines is 1. The lowest BCUT2D eigenvalue weighted by Crippen LogP contribution is -2.45. The van der Waals surface area contributed by atoms with Crippen LogP contribution in [-0.2, 0) is 4.79 Å². The monoisotopic (exact) mass is 295 g/mol. The number of halogens is 1. The van der Waals surface area contributed by atoms with Crippen LogP contribution in [0.3, 0.4) is 0 Å². The first kappa shape index (κ1) is 15.2. The van der Waals surface area contributed by atoms with Crippen LogP contribution in [0.25, 0.3) is 0 Å². The van der Waals surface area contributed by atoms with Crippen molar-refractivity contribution in [2.75, 3.05) is 18.0 Å². The Morgan fingerprint density at radius 1 is 1.57 bits per heavy atom. The highest BCUT2D eigenvalue weighted by Gasteiger charge is 2.31. The van der Waals surface area contributed by atoms with Gasteiger partial charge in [0.15, 0.2) is 0 Å². The van der Waals surface area contributed by atoms with Crippen molar-refractivity contribution >= 4 is 17.6 Å². The van der Waals surface area contributed by atoms with E-state index in [1.165, 1.54) is 23.1 Å². The number of benzene rings is 1. The third-order valence-electron chi connectivity index (χ3n) is 3.14. The van der Waals surface area contributed by atoms with Crippen LogP contribution in [0.4, 0.5) is 14.9 Å². The number of rotatable bonds is 4. The van der Waals surface area contributed by atoms with E-state index in [9.17, 15) is 14.0 Å². The normalized spacial score (nSPS) is 19.5. The molecule has 7 heteroatoms. The van der Waals surface area contributed by atoms with Gasteiger partial charge in [-0.1, -0.05) is 6.07 Å². The summed E-state index contributed by atoms with van der Waals surface area (Å²) in [6.07, 6.45) is -0.469. The average molecular weight is 295 g/mol. The number of nitrogens with one attached hydrogen (secondary N) is 2. The van der Waals surface area contributed by atoms with Crippen molar-refractivity contribution in [1.29, 1.82) is 0 Å². The highest BCUT2D eigenvalue weighted by atomic mass is 19.1. The average Bonchev–Trinajstić information content (AvgIpc) is 2.77. The summed E-state index contributed by atoms with van der Waals surface area (Å²) in [5.41, 5.74) is 0.480. The topological polar surface area (TPSA) is 81.7 Å². The van der Waals surface area contributed by atoms with E-state index < -0.39 is 18.0 Å². The third-order valence-corrected chi connectivity index (χ3v) is 3.14. The molecule has 1 saturated heterocycles. The highest BCUT2D eigenvalue weighted by molar-refractivity contribution is 5.96. The summed E-state index contributed by atoms with van der Waals surface area (Å²) in [7, 11) is 0. The first-order valence-corrected chi connectivity index (χ1v) is 6.74. The second kappa shape index (κ2) is 6.53. The van der Waals surface area contributed by atoms with Gasteiger partial charge in [0, 0.05) is 25.2 Å². The van der Waals surface area contributed by atoms with Gasteiger partial charge in [0.05, 0.1) is 12.1 Å². The lowest BCUT2D eigenvalue weighted by molar-refractivity contribution is -0.117. The predicted octanol–water partition coefficient (Wildman–Crippen LogP) is 0.611. The van der Waals surface area contributed by atoms with E-state index in [-0.39, 0.29) is 24.9 Å². The Labute approximate surface area is 121 Å². The van der Waals surface area contributed by atoms with Crippen LogP contribution in [0, 0.1) is 5.82 Å². The molecule has 1 aliphatic rings. The van der Waals surface area contributed by atoms with Gasteiger partial charge in [-0.25, -0.2) is 9.18 Å². The Kier molecular flexibility index (Phi) is 4.74. The van der Waals surface area contributed by atoms with Gasteiger partial charge in [0.2, 0.25) is 5.91 Å². The van der Waals surface area contributed by atoms with Crippen molar-refractivity contribution in [3.8, 4) is 0 Å². The molecule has 3 amide bonds. The molecule has 1 aliphatic heterocycles. The van der Waals surface area contributed by atoms with Crippen molar-refractivity contribution in [2.45, 2.75) is 25.5 Å². The van der Waals surface area contributed by atoms with Gasteiger partial charge in [0.1, 0.15) is 5.82 Å². The summed E-state index contributed by atoms with van der Waals surface area (Å²) < 4.78 is 13.2. The van der Waals surface area contributed by atoms with Crippen LogP contribution in [0.1, 0.15) is 13.3 Å². The first-order valence-electron chi connectivity index (χ1n) is 6.74. The molecule has 0 aromatic heterocycles. The SMILES string of the molecule is C[C@H](O)CNC(=O)N[C@H]1CC(=O)N(c2cccc(F)c2)C1. The minimum atomic E-state index is -0.634. The number of aliphatic hydroxyl groups excluding tert-OH is 1. The van der Waals surface area contributed by atoms with E-state index in [0.717, 1.165) is 0 Å². The summed E-state index contributed by atoms with van der Waals surface area (Å²) >= 11 is 0. The maximum atomic E-state index is 13.2. The number of urea groups is 1. The van der Waals surface area contributed by atoms with Crippen molar-refractivity contribution in [2.24, 2.45) is 0 Å². The zero-order valence-corrected chi connectivity index (χ0v) is 11.7. The largest absolute Gasteiger partial charge is 0.392 e.